The Morgan fingerprint density at radius 1 is 1.00 bits per heavy atom. The van der Waals surface area contributed by atoms with Gasteiger partial charge in [-0.25, -0.2) is 0 Å². The molecule has 1 aliphatic rings. The van der Waals surface area contributed by atoms with Crippen molar-refractivity contribution in [2.45, 2.75) is 67.0 Å². The Bertz CT molecular complexity index is 935. The summed E-state index contributed by atoms with van der Waals surface area (Å²) in [4.78, 5) is 2.09. The van der Waals surface area contributed by atoms with Crippen LogP contribution in [0, 0.1) is 41.5 Å². The van der Waals surface area contributed by atoms with Gasteiger partial charge in [0.15, 0.2) is 5.72 Å². The van der Waals surface area contributed by atoms with Crippen LogP contribution in [0.5, 0.6) is 11.5 Å². The number of fused-ring (bicyclic) bond motifs is 1. The Morgan fingerprint density at radius 3 is 2.26 bits per heavy atom. The maximum atomic E-state index is 10.4. The summed E-state index contributed by atoms with van der Waals surface area (Å²) < 4.78 is 6.62. The monoisotopic (exact) mass is 383 g/mol. The highest BCUT2D eigenvalue weighted by molar-refractivity contribution is 7.79. The maximum Gasteiger partial charge on any atom is 0.184 e. The molecule has 3 nitrogen and oxygen atoms in total. The number of rotatable bonds is 3. The lowest BCUT2D eigenvalue weighted by atomic mass is 9.89. The van der Waals surface area contributed by atoms with Crippen LogP contribution in [0.15, 0.2) is 12.1 Å². The summed E-state index contributed by atoms with van der Waals surface area (Å²) in [5.74, 6) is 1.27. The molecule has 2 aromatic rings. The summed E-state index contributed by atoms with van der Waals surface area (Å²) in [5, 5.41) is 10.4. The van der Waals surface area contributed by atoms with Crippen LogP contribution >= 0.6 is 12.2 Å². The zero-order valence-corrected chi connectivity index (χ0v) is 18.2. The van der Waals surface area contributed by atoms with Crippen molar-refractivity contribution >= 4 is 23.4 Å². The number of anilines is 1. The average molecular weight is 384 g/mol. The van der Waals surface area contributed by atoms with E-state index in [9.17, 15) is 5.11 Å². The number of phenolic OH excluding ortho intramolecular Hbond substituents is 1. The third-order valence-electron chi connectivity index (χ3n) is 6.19. The Kier molecular flexibility index (Phi) is 4.98. The molecule has 3 rings (SSSR count). The van der Waals surface area contributed by atoms with Gasteiger partial charge in [-0.15, -0.1) is 0 Å². The fourth-order valence-corrected chi connectivity index (χ4v) is 4.37. The molecule has 0 aliphatic carbocycles. The second kappa shape index (κ2) is 6.83. The molecule has 0 amide bonds. The van der Waals surface area contributed by atoms with E-state index in [1.807, 2.05) is 20.8 Å². The molecular formula is C23H29NO2S. The van der Waals surface area contributed by atoms with Crippen molar-refractivity contribution in [3.05, 3.63) is 51.1 Å². The summed E-state index contributed by atoms with van der Waals surface area (Å²) in [6.07, 6.45) is 1.64. The topological polar surface area (TPSA) is 32.7 Å². The van der Waals surface area contributed by atoms with Gasteiger partial charge >= 0.3 is 0 Å². The number of thiocarbonyl (C=S) groups is 1. The predicted octanol–water partition coefficient (Wildman–Crippen LogP) is 5.75. The summed E-state index contributed by atoms with van der Waals surface area (Å²) >= 11 is 5.43. The zero-order chi connectivity index (χ0) is 20.1. The molecular weight excluding hydrogens is 354 g/mol. The minimum absolute atomic E-state index is 0.384. The Labute approximate surface area is 168 Å². The van der Waals surface area contributed by atoms with Gasteiger partial charge in [-0.3, -0.25) is 4.90 Å². The normalized spacial score (nSPS) is 18.6. The Hall–Kier alpha value is -2.07. The summed E-state index contributed by atoms with van der Waals surface area (Å²) in [6, 6.07) is 4.39. The lowest BCUT2D eigenvalue weighted by Crippen LogP contribution is -2.52. The molecule has 0 aromatic heterocycles. The lowest BCUT2D eigenvalue weighted by molar-refractivity contribution is 0.0743. The molecule has 1 aliphatic heterocycles. The molecule has 27 heavy (non-hydrogen) atoms. The van der Waals surface area contributed by atoms with E-state index < -0.39 is 5.72 Å². The zero-order valence-electron chi connectivity index (χ0n) is 17.4. The van der Waals surface area contributed by atoms with Gasteiger partial charge in [0, 0.05) is 17.7 Å². The van der Waals surface area contributed by atoms with E-state index in [2.05, 4.69) is 44.7 Å². The van der Waals surface area contributed by atoms with Gasteiger partial charge in [0.25, 0.3) is 0 Å². The average Bonchev–Trinajstić information content (AvgIpc) is 2.62. The van der Waals surface area contributed by atoms with Crippen LogP contribution in [0.3, 0.4) is 0 Å². The van der Waals surface area contributed by atoms with Crippen LogP contribution in [-0.2, 0) is 6.42 Å². The van der Waals surface area contributed by atoms with E-state index in [1.165, 1.54) is 16.7 Å². The van der Waals surface area contributed by atoms with Gasteiger partial charge in [0.2, 0.25) is 0 Å². The number of ether oxygens (including phenoxy) is 1. The van der Waals surface area contributed by atoms with Crippen LogP contribution in [0.2, 0.25) is 0 Å². The van der Waals surface area contributed by atoms with Gasteiger partial charge in [-0.05, 0) is 94.3 Å². The standard InChI is InChI=1S/C23H29NO2S/c1-13-10-15(3)20(11-14(13)2)24(12-27)23(7)9-8-19-18(6)21(25)16(4)17(5)22(19)26-23/h10-12,25H,8-9H2,1-7H3. The van der Waals surface area contributed by atoms with Gasteiger partial charge in [-0.2, -0.15) is 0 Å². The minimum atomic E-state index is -0.568. The molecule has 1 atom stereocenters. The number of aromatic hydroxyl groups is 1. The summed E-state index contributed by atoms with van der Waals surface area (Å²) in [7, 11) is 0. The third kappa shape index (κ3) is 3.10. The van der Waals surface area contributed by atoms with Crippen molar-refractivity contribution in [1.82, 2.24) is 0 Å². The predicted molar refractivity (Wildman–Crippen MR) is 116 cm³/mol. The fraction of sp³-hybridized carbons (Fsp3) is 0.435. The molecule has 4 heteroatoms. The van der Waals surface area contributed by atoms with Gasteiger partial charge < -0.3 is 9.84 Å². The van der Waals surface area contributed by atoms with Crippen LogP contribution in [-0.4, -0.2) is 16.3 Å². The number of benzene rings is 2. The molecule has 0 fully saturated rings. The molecule has 1 unspecified atom stereocenters. The van der Waals surface area contributed by atoms with Gasteiger partial charge in [0.05, 0.1) is 5.49 Å². The number of hydrogen-bond acceptors (Lipinski definition) is 3. The van der Waals surface area contributed by atoms with E-state index in [0.29, 0.717) is 5.75 Å². The highest BCUT2D eigenvalue weighted by atomic mass is 32.1. The first-order chi connectivity index (χ1) is 12.6. The molecule has 1 N–H and O–H groups in total. The molecule has 0 saturated carbocycles. The molecule has 0 spiro atoms. The first kappa shape index (κ1) is 19.7. The SMILES string of the molecule is Cc1cc(C)c(N(C=S)C2(C)CCc3c(C)c(O)c(C)c(C)c3O2)cc1C. The highest BCUT2D eigenvalue weighted by Gasteiger charge is 2.39. The van der Waals surface area contributed by atoms with Crippen molar-refractivity contribution < 1.29 is 9.84 Å². The summed E-state index contributed by atoms with van der Waals surface area (Å²) in [5.41, 5.74) is 9.84. The van der Waals surface area contributed by atoms with Crippen LogP contribution in [0.4, 0.5) is 5.69 Å². The molecule has 144 valence electrons. The number of aryl methyl sites for hydroxylation is 3. The molecule has 2 aromatic carbocycles. The van der Waals surface area contributed by atoms with Crippen molar-refractivity contribution in [2.75, 3.05) is 4.90 Å². The van der Waals surface area contributed by atoms with Crippen LogP contribution in [0.1, 0.15) is 52.3 Å². The maximum absolute atomic E-state index is 10.4. The fourth-order valence-electron chi connectivity index (χ4n) is 4.03. The highest BCUT2D eigenvalue weighted by Crippen LogP contribution is 2.45. The smallest absolute Gasteiger partial charge is 0.184 e. The van der Waals surface area contributed by atoms with Crippen molar-refractivity contribution in [3.63, 3.8) is 0 Å². The third-order valence-corrected chi connectivity index (χ3v) is 6.40. The number of nitrogens with zero attached hydrogens (tertiary/aromatic N) is 1. The Morgan fingerprint density at radius 2 is 1.63 bits per heavy atom. The van der Waals surface area contributed by atoms with Crippen LogP contribution < -0.4 is 9.64 Å². The first-order valence-corrected chi connectivity index (χ1v) is 9.91. The van der Waals surface area contributed by atoms with Crippen molar-refractivity contribution in [1.29, 1.82) is 0 Å². The van der Waals surface area contributed by atoms with E-state index >= 15 is 0 Å². The van der Waals surface area contributed by atoms with E-state index in [0.717, 1.165) is 46.5 Å². The molecule has 0 radical (unpaired) electrons. The Balaban J connectivity index is 2.10. The van der Waals surface area contributed by atoms with E-state index in [-0.39, 0.29) is 0 Å². The van der Waals surface area contributed by atoms with Gasteiger partial charge in [-0.1, -0.05) is 18.3 Å². The quantitative estimate of drug-likeness (QED) is 0.684. The first-order valence-electron chi connectivity index (χ1n) is 9.43. The lowest BCUT2D eigenvalue weighted by Gasteiger charge is -2.44. The second-order valence-corrected chi connectivity index (χ2v) is 8.22. The van der Waals surface area contributed by atoms with Crippen LogP contribution in [0.25, 0.3) is 0 Å². The minimum Gasteiger partial charge on any atom is -0.507 e. The van der Waals surface area contributed by atoms with Crippen molar-refractivity contribution in [3.8, 4) is 11.5 Å². The number of phenols is 1. The van der Waals surface area contributed by atoms with E-state index in [1.54, 1.807) is 5.49 Å². The van der Waals surface area contributed by atoms with Crippen molar-refractivity contribution in [2.24, 2.45) is 0 Å². The molecule has 0 bridgehead atoms. The second-order valence-electron chi connectivity index (χ2n) is 8.01. The number of hydrogen-bond donors (Lipinski definition) is 1. The largest absolute Gasteiger partial charge is 0.507 e. The molecule has 0 saturated heterocycles. The summed E-state index contributed by atoms with van der Waals surface area (Å²) in [6.45, 7) is 14.4. The molecule has 1 heterocycles. The van der Waals surface area contributed by atoms with Gasteiger partial charge in [0.1, 0.15) is 11.5 Å². The van der Waals surface area contributed by atoms with E-state index in [4.69, 9.17) is 17.0 Å².